The zero-order chi connectivity index (χ0) is 11.2. The van der Waals surface area contributed by atoms with E-state index in [1.165, 1.54) is 0 Å². The molecule has 5 nitrogen and oxygen atoms in total. The minimum atomic E-state index is -3.47. The average molecular weight is 226 g/mol. The first-order valence-corrected chi connectivity index (χ1v) is 6.41. The van der Waals surface area contributed by atoms with Crippen molar-refractivity contribution >= 4 is 7.60 Å². The summed E-state index contributed by atoms with van der Waals surface area (Å²) < 4.78 is 16.7. The van der Waals surface area contributed by atoms with E-state index < -0.39 is 7.60 Å². The van der Waals surface area contributed by atoms with Gasteiger partial charge in [0.05, 0.1) is 47.1 Å². The Morgan fingerprint density at radius 3 is 2.36 bits per heavy atom. The Balaban J connectivity index is 3.71. The number of rotatable bonds is 7. The topological polar surface area (TPSA) is 66.8 Å². The highest BCUT2D eigenvalue weighted by Crippen LogP contribution is 2.42. The lowest BCUT2D eigenvalue weighted by Crippen LogP contribution is -2.35. The van der Waals surface area contributed by atoms with Crippen molar-refractivity contribution in [3.05, 3.63) is 0 Å². The van der Waals surface area contributed by atoms with Gasteiger partial charge in [-0.1, -0.05) is 0 Å². The predicted octanol–water partition coefficient (Wildman–Crippen LogP) is 0.277. The number of aliphatic hydroxyl groups excluding tert-OH is 1. The maximum atomic E-state index is 11.3. The van der Waals surface area contributed by atoms with Crippen LogP contribution in [0.2, 0.25) is 0 Å². The molecule has 86 valence electrons. The molecule has 2 N–H and O–H groups in total. The molecular weight excluding hydrogens is 205 g/mol. The molecule has 0 aromatic carbocycles. The third-order valence-electron chi connectivity index (χ3n) is 1.65. The Kier molecular flexibility index (Phi) is 5.86. The second-order valence-electron chi connectivity index (χ2n) is 4.29. The van der Waals surface area contributed by atoms with Crippen LogP contribution < -0.4 is 0 Å². The van der Waals surface area contributed by atoms with Crippen molar-refractivity contribution in [2.45, 2.75) is 6.42 Å². The van der Waals surface area contributed by atoms with Crippen molar-refractivity contribution in [2.75, 3.05) is 47.1 Å². The Morgan fingerprint density at radius 2 is 1.93 bits per heavy atom. The van der Waals surface area contributed by atoms with Crippen LogP contribution in [0.1, 0.15) is 6.42 Å². The fourth-order valence-corrected chi connectivity index (χ4v) is 2.03. The van der Waals surface area contributed by atoms with E-state index in [4.69, 9.17) is 5.11 Å². The fourth-order valence-electron chi connectivity index (χ4n) is 0.993. The minimum absolute atomic E-state index is 0.0713. The molecule has 0 aliphatic heterocycles. The molecule has 14 heavy (non-hydrogen) atoms. The van der Waals surface area contributed by atoms with Gasteiger partial charge in [0.1, 0.15) is 0 Å². The van der Waals surface area contributed by atoms with Crippen molar-refractivity contribution in [1.82, 2.24) is 0 Å². The Bertz CT molecular complexity index is 202. The maximum Gasteiger partial charge on any atom is 0.328 e. The molecule has 0 aromatic rings. The summed E-state index contributed by atoms with van der Waals surface area (Å²) in [6.07, 6.45) is 0.797. The van der Waals surface area contributed by atoms with Crippen molar-refractivity contribution < 1.29 is 23.6 Å². The molecule has 0 amide bonds. The molecule has 1 unspecified atom stereocenters. The van der Waals surface area contributed by atoms with Gasteiger partial charge in [-0.15, -0.1) is 0 Å². The molecule has 0 aliphatic rings. The van der Waals surface area contributed by atoms with Crippen LogP contribution in [0.15, 0.2) is 0 Å². The van der Waals surface area contributed by atoms with Crippen molar-refractivity contribution in [2.24, 2.45) is 0 Å². The zero-order valence-electron chi connectivity index (χ0n) is 9.14. The molecule has 0 heterocycles. The Labute approximate surface area is 85.4 Å². The summed E-state index contributed by atoms with van der Waals surface area (Å²) in [6.45, 7) is 0.533. The summed E-state index contributed by atoms with van der Waals surface area (Å²) in [4.78, 5) is 9.26. The molecule has 0 fully saturated rings. The normalized spacial score (nSPS) is 16.6. The van der Waals surface area contributed by atoms with Crippen molar-refractivity contribution in [3.8, 4) is 0 Å². The summed E-state index contributed by atoms with van der Waals surface area (Å²) in [7, 11) is 2.61. The zero-order valence-corrected chi connectivity index (χ0v) is 10.0. The van der Waals surface area contributed by atoms with Gasteiger partial charge in [-0.05, 0) is 0 Å². The average Bonchev–Trinajstić information content (AvgIpc) is 1.98. The lowest BCUT2D eigenvalue weighted by atomic mass is 10.4. The van der Waals surface area contributed by atoms with Crippen LogP contribution in [-0.2, 0) is 9.09 Å². The van der Waals surface area contributed by atoms with Gasteiger partial charge < -0.3 is 19.0 Å². The van der Waals surface area contributed by atoms with E-state index in [-0.39, 0.29) is 19.4 Å². The third-order valence-corrected chi connectivity index (χ3v) is 3.12. The molecule has 0 aromatic heterocycles. The fraction of sp³-hybridized carbons (Fsp3) is 1.00. The summed E-state index contributed by atoms with van der Waals surface area (Å²) in [6, 6.07) is 0. The smallest absolute Gasteiger partial charge is 0.328 e. The number of hydrogen-bond acceptors (Lipinski definition) is 3. The van der Waals surface area contributed by atoms with E-state index in [0.29, 0.717) is 6.42 Å². The Hall–Kier alpha value is 0.0700. The molecule has 0 saturated heterocycles. The van der Waals surface area contributed by atoms with E-state index in [2.05, 4.69) is 4.52 Å². The minimum Gasteiger partial charge on any atom is -0.394 e. The molecule has 0 aliphatic carbocycles. The number of quaternary nitrogens is 1. The van der Waals surface area contributed by atoms with Gasteiger partial charge in [-0.3, -0.25) is 4.57 Å². The van der Waals surface area contributed by atoms with Crippen LogP contribution in [0.3, 0.4) is 0 Å². The molecule has 1 atom stereocenters. The van der Waals surface area contributed by atoms with Gasteiger partial charge in [0, 0.05) is 6.42 Å². The monoisotopic (exact) mass is 226 g/mol. The highest BCUT2D eigenvalue weighted by molar-refractivity contribution is 7.52. The SMILES string of the molecule is C[N+](C)(C)CCCP(=O)(O)OCCO. The van der Waals surface area contributed by atoms with E-state index in [1.807, 2.05) is 21.1 Å². The van der Waals surface area contributed by atoms with Gasteiger partial charge in [0.25, 0.3) is 0 Å². The largest absolute Gasteiger partial charge is 0.394 e. The lowest BCUT2D eigenvalue weighted by Gasteiger charge is -2.24. The predicted molar refractivity (Wildman–Crippen MR) is 55.2 cm³/mol. The van der Waals surface area contributed by atoms with Crippen LogP contribution in [-0.4, -0.2) is 61.5 Å². The van der Waals surface area contributed by atoms with Crippen LogP contribution in [0.4, 0.5) is 0 Å². The second kappa shape index (κ2) is 5.83. The molecule has 0 saturated carbocycles. The summed E-state index contributed by atoms with van der Waals surface area (Å²) in [5.41, 5.74) is 0. The first-order chi connectivity index (χ1) is 6.27. The maximum absolute atomic E-state index is 11.3. The standard InChI is InChI=1S/C8H20NO4P/c1-9(2,3)5-4-8-14(11,12)13-7-6-10/h10H,4-8H2,1-3H3/p+1. The van der Waals surface area contributed by atoms with E-state index in [9.17, 15) is 9.46 Å². The number of hydrogen-bond donors (Lipinski definition) is 2. The molecule has 0 bridgehead atoms. The van der Waals surface area contributed by atoms with Crippen LogP contribution in [0, 0.1) is 0 Å². The van der Waals surface area contributed by atoms with E-state index in [1.54, 1.807) is 0 Å². The second-order valence-corrected chi connectivity index (χ2v) is 6.27. The molecule has 6 heteroatoms. The van der Waals surface area contributed by atoms with Gasteiger partial charge in [0.15, 0.2) is 0 Å². The van der Waals surface area contributed by atoms with Crippen LogP contribution in [0.25, 0.3) is 0 Å². The molecular formula is C8H21NO4P+. The third kappa shape index (κ3) is 8.66. The number of aliphatic hydroxyl groups is 1. The van der Waals surface area contributed by atoms with Crippen molar-refractivity contribution in [3.63, 3.8) is 0 Å². The van der Waals surface area contributed by atoms with Crippen LogP contribution >= 0.6 is 7.60 Å². The summed E-state index contributed by atoms with van der Waals surface area (Å²) in [5, 5.41) is 8.42. The number of nitrogens with zero attached hydrogens (tertiary/aromatic N) is 1. The molecule has 0 radical (unpaired) electrons. The Morgan fingerprint density at radius 1 is 1.36 bits per heavy atom. The van der Waals surface area contributed by atoms with Crippen molar-refractivity contribution in [1.29, 1.82) is 0 Å². The van der Waals surface area contributed by atoms with Gasteiger partial charge in [-0.2, -0.15) is 0 Å². The quantitative estimate of drug-likeness (QED) is 0.483. The van der Waals surface area contributed by atoms with Gasteiger partial charge >= 0.3 is 7.60 Å². The molecule has 0 rings (SSSR count). The van der Waals surface area contributed by atoms with Gasteiger partial charge in [-0.25, -0.2) is 0 Å². The van der Waals surface area contributed by atoms with E-state index >= 15 is 0 Å². The first-order valence-electron chi connectivity index (χ1n) is 4.64. The lowest BCUT2D eigenvalue weighted by molar-refractivity contribution is -0.870. The van der Waals surface area contributed by atoms with E-state index in [0.717, 1.165) is 11.0 Å². The van der Waals surface area contributed by atoms with Crippen LogP contribution in [0.5, 0.6) is 0 Å². The molecule has 0 spiro atoms. The first kappa shape index (κ1) is 14.1. The summed E-state index contributed by atoms with van der Waals surface area (Å²) >= 11 is 0. The summed E-state index contributed by atoms with van der Waals surface area (Å²) in [5.74, 6) is 0. The van der Waals surface area contributed by atoms with Gasteiger partial charge in [0.2, 0.25) is 0 Å². The highest BCUT2D eigenvalue weighted by atomic mass is 31.2. The highest BCUT2D eigenvalue weighted by Gasteiger charge is 2.20.